The molecule has 0 aromatic heterocycles. The summed E-state index contributed by atoms with van der Waals surface area (Å²) in [7, 11) is 1.92. The van der Waals surface area contributed by atoms with Crippen LogP contribution in [-0.2, 0) is 0 Å². The lowest BCUT2D eigenvalue weighted by molar-refractivity contribution is 0.808. The third-order valence-electron chi connectivity index (χ3n) is 0.775. The van der Waals surface area contributed by atoms with E-state index in [1.54, 1.807) is 6.08 Å². The van der Waals surface area contributed by atoms with Crippen LogP contribution in [0.25, 0.3) is 0 Å². The van der Waals surface area contributed by atoms with Gasteiger partial charge in [0, 0.05) is 0 Å². The summed E-state index contributed by atoms with van der Waals surface area (Å²) in [5.41, 5.74) is 0. The zero-order chi connectivity index (χ0) is 6.24. The van der Waals surface area contributed by atoms with E-state index in [-0.39, 0.29) is 0 Å². The molecular weight excluding hydrogens is 98.1 g/mol. The van der Waals surface area contributed by atoms with Crippen LogP contribution in [0.15, 0.2) is 12.2 Å². The van der Waals surface area contributed by atoms with Crippen LogP contribution in [0.2, 0.25) is 0 Å². The number of hydrogen-bond acceptors (Lipinski definition) is 1. The fourth-order valence-corrected chi connectivity index (χ4v) is 0.379. The van der Waals surface area contributed by atoms with Crippen LogP contribution in [-0.4, -0.2) is 13.6 Å². The summed E-state index contributed by atoms with van der Waals surface area (Å²) < 4.78 is 0. The minimum atomic E-state index is 0.998. The molecule has 0 aliphatic heterocycles. The van der Waals surface area contributed by atoms with Gasteiger partial charge in [0.2, 0.25) is 0 Å². The van der Waals surface area contributed by atoms with Gasteiger partial charge in [0.15, 0.2) is 0 Å². The second-order valence-electron chi connectivity index (χ2n) is 1.46. The first-order valence-electron chi connectivity index (χ1n) is 2.67. The Morgan fingerprint density at radius 1 is 1.75 bits per heavy atom. The molecule has 8 heavy (non-hydrogen) atoms. The van der Waals surface area contributed by atoms with E-state index in [1.165, 1.54) is 0 Å². The minimum absolute atomic E-state index is 0.998. The fraction of sp³-hybridized carbons (Fsp3) is 0.429. The van der Waals surface area contributed by atoms with E-state index < -0.39 is 0 Å². The predicted molar refractivity (Wildman–Crippen MR) is 36.5 cm³/mol. The molecule has 1 nitrogen and oxygen atoms in total. The molecule has 0 aromatic rings. The molecule has 0 rings (SSSR count). The van der Waals surface area contributed by atoms with Gasteiger partial charge in [-0.15, -0.1) is 6.42 Å². The summed E-state index contributed by atoms with van der Waals surface area (Å²) >= 11 is 0. The van der Waals surface area contributed by atoms with Gasteiger partial charge in [-0.25, -0.2) is 0 Å². The number of rotatable bonds is 3. The van der Waals surface area contributed by atoms with Gasteiger partial charge in [0.25, 0.3) is 0 Å². The Labute approximate surface area is 50.8 Å². The van der Waals surface area contributed by atoms with Crippen LogP contribution in [0.3, 0.4) is 0 Å². The van der Waals surface area contributed by atoms with Crippen molar-refractivity contribution < 1.29 is 0 Å². The molecule has 44 valence electrons. The summed E-state index contributed by atoms with van der Waals surface area (Å²) in [6.45, 7) is 0.998. The van der Waals surface area contributed by atoms with Crippen molar-refractivity contribution in [3.05, 3.63) is 12.2 Å². The fourth-order valence-electron chi connectivity index (χ4n) is 0.379. The molecule has 0 amide bonds. The van der Waals surface area contributed by atoms with E-state index in [0.717, 1.165) is 13.0 Å². The summed E-state index contributed by atoms with van der Waals surface area (Å²) in [6, 6.07) is 0. The molecule has 0 atom stereocenters. The largest absolute Gasteiger partial charge is 0.319 e. The molecule has 0 saturated heterocycles. The van der Waals surface area contributed by atoms with E-state index in [4.69, 9.17) is 6.42 Å². The summed E-state index contributed by atoms with van der Waals surface area (Å²) in [6.07, 6.45) is 9.66. The molecule has 0 bridgehead atoms. The van der Waals surface area contributed by atoms with E-state index in [2.05, 4.69) is 11.2 Å². The van der Waals surface area contributed by atoms with Gasteiger partial charge >= 0.3 is 0 Å². The third kappa shape index (κ3) is 5.26. The van der Waals surface area contributed by atoms with Crippen molar-refractivity contribution in [1.29, 1.82) is 0 Å². The molecule has 1 N–H and O–H groups in total. The zero-order valence-corrected chi connectivity index (χ0v) is 5.15. The smallest absolute Gasteiger partial charge is 0.00169 e. The lowest BCUT2D eigenvalue weighted by Crippen LogP contribution is -2.05. The SMILES string of the molecule is C#CC=CCCNC. The number of nitrogens with one attached hydrogen (secondary N) is 1. The van der Waals surface area contributed by atoms with E-state index >= 15 is 0 Å². The Balaban J connectivity index is 2.94. The molecular formula is C7H11N. The second-order valence-corrected chi connectivity index (χ2v) is 1.46. The average molecular weight is 109 g/mol. The number of hydrogen-bond donors (Lipinski definition) is 1. The van der Waals surface area contributed by atoms with Crippen molar-refractivity contribution in [3.63, 3.8) is 0 Å². The number of terminal acetylenes is 1. The first-order valence-corrected chi connectivity index (χ1v) is 2.67. The topological polar surface area (TPSA) is 12.0 Å². The molecule has 0 aromatic carbocycles. The summed E-state index contributed by atoms with van der Waals surface area (Å²) in [4.78, 5) is 0. The predicted octanol–water partition coefficient (Wildman–Crippen LogP) is 0.785. The summed E-state index contributed by atoms with van der Waals surface area (Å²) in [5.74, 6) is 2.42. The van der Waals surface area contributed by atoms with Crippen molar-refractivity contribution >= 4 is 0 Å². The Hall–Kier alpha value is -0.740. The molecule has 0 radical (unpaired) electrons. The van der Waals surface area contributed by atoms with Crippen LogP contribution in [0.1, 0.15) is 6.42 Å². The van der Waals surface area contributed by atoms with Crippen LogP contribution >= 0.6 is 0 Å². The highest BCUT2D eigenvalue weighted by Gasteiger charge is 1.71. The minimum Gasteiger partial charge on any atom is -0.319 e. The quantitative estimate of drug-likeness (QED) is 0.417. The first kappa shape index (κ1) is 7.26. The van der Waals surface area contributed by atoms with Gasteiger partial charge in [0.1, 0.15) is 0 Å². The van der Waals surface area contributed by atoms with Gasteiger partial charge in [-0.05, 0) is 26.1 Å². The Morgan fingerprint density at radius 2 is 2.50 bits per heavy atom. The maximum atomic E-state index is 4.95. The molecule has 0 saturated carbocycles. The maximum absolute atomic E-state index is 4.95. The maximum Gasteiger partial charge on any atom is -0.00169 e. The van der Waals surface area contributed by atoms with Gasteiger partial charge in [-0.2, -0.15) is 0 Å². The van der Waals surface area contributed by atoms with Crippen LogP contribution in [0.5, 0.6) is 0 Å². The van der Waals surface area contributed by atoms with Gasteiger partial charge in [0.05, 0.1) is 0 Å². The van der Waals surface area contributed by atoms with E-state index in [9.17, 15) is 0 Å². The Kier molecular flexibility index (Phi) is 5.68. The Bertz CT molecular complexity index is 97.4. The van der Waals surface area contributed by atoms with Crippen LogP contribution < -0.4 is 5.32 Å². The lowest BCUT2D eigenvalue weighted by atomic mass is 10.4. The van der Waals surface area contributed by atoms with Crippen molar-refractivity contribution in [3.8, 4) is 12.3 Å². The van der Waals surface area contributed by atoms with Gasteiger partial charge in [-0.1, -0.05) is 12.0 Å². The van der Waals surface area contributed by atoms with Crippen molar-refractivity contribution in [2.75, 3.05) is 13.6 Å². The highest BCUT2D eigenvalue weighted by atomic mass is 14.8. The summed E-state index contributed by atoms with van der Waals surface area (Å²) in [5, 5.41) is 3.01. The van der Waals surface area contributed by atoms with E-state index in [1.807, 2.05) is 13.1 Å². The van der Waals surface area contributed by atoms with E-state index in [0.29, 0.717) is 0 Å². The van der Waals surface area contributed by atoms with Crippen LogP contribution in [0, 0.1) is 12.3 Å². The average Bonchev–Trinajstić information content (AvgIpc) is 1.81. The van der Waals surface area contributed by atoms with Gasteiger partial charge in [-0.3, -0.25) is 0 Å². The van der Waals surface area contributed by atoms with Crippen molar-refractivity contribution in [2.24, 2.45) is 0 Å². The molecule has 1 heteroatoms. The second kappa shape index (κ2) is 6.26. The van der Waals surface area contributed by atoms with Crippen molar-refractivity contribution in [2.45, 2.75) is 6.42 Å². The highest BCUT2D eigenvalue weighted by molar-refractivity contribution is 5.08. The Morgan fingerprint density at radius 3 is 3.00 bits per heavy atom. The van der Waals surface area contributed by atoms with Crippen LogP contribution in [0.4, 0.5) is 0 Å². The van der Waals surface area contributed by atoms with Gasteiger partial charge < -0.3 is 5.32 Å². The molecule has 0 heterocycles. The normalized spacial score (nSPS) is 9.50. The third-order valence-corrected chi connectivity index (χ3v) is 0.775. The highest BCUT2D eigenvalue weighted by Crippen LogP contribution is 1.76. The van der Waals surface area contributed by atoms with Crippen molar-refractivity contribution in [1.82, 2.24) is 5.32 Å². The molecule has 0 spiro atoms. The molecule has 0 unspecified atom stereocenters. The zero-order valence-electron chi connectivity index (χ0n) is 5.15. The molecule has 0 fully saturated rings. The first-order chi connectivity index (χ1) is 3.91. The molecule has 0 aliphatic carbocycles. The molecule has 0 aliphatic rings. The monoisotopic (exact) mass is 109 g/mol. The standard InChI is InChI=1S/C7H11N/c1-3-4-5-6-7-8-2/h1,4-5,8H,6-7H2,2H3. The number of allylic oxidation sites excluding steroid dienone is 1. The lowest BCUT2D eigenvalue weighted by Gasteiger charge is -1.87.